The number of hydrogen-bond donors (Lipinski definition) is 1. The van der Waals surface area contributed by atoms with E-state index in [0.717, 1.165) is 29.9 Å². The molecule has 4 rings (SSSR count). The molecule has 1 heterocycles. The standard InChI is InChI=1S/C18H24N2O3/c1-20(18(21)16-12-3-4-13(9-12)17(16)19)10-11-2-5-14-15(8-11)23-7-6-22-14/h2,5,8,12-13,16-17H,3-4,6-7,9-10,19H2,1H3/t12-,13-,16-,17+/m0/s1. The predicted octanol–water partition coefficient (Wildman–Crippen LogP) is 1.79. The van der Waals surface area contributed by atoms with Crippen LogP contribution in [-0.4, -0.2) is 37.1 Å². The monoisotopic (exact) mass is 316 g/mol. The minimum absolute atomic E-state index is 0.0101. The average molecular weight is 316 g/mol. The number of ether oxygens (including phenoxy) is 2. The van der Waals surface area contributed by atoms with Crippen LogP contribution in [0, 0.1) is 17.8 Å². The number of benzene rings is 1. The van der Waals surface area contributed by atoms with Crippen molar-refractivity contribution in [1.82, 2.24) is 4.90 Å². The van der Waals surface area contributed by atoms with Gasteiger partial charge in [0.05, 0.1) is 5.92 Å². The molecule has 124 valence electrons. The fourth-order valence-corrected chi connectivity index (χ4v) is 4.49. The number of nitrogens with zero attached hydrogens (tertiary/aromatic N) is 1. The van der Waals surface area contributed by atoms with Gasteiger partial charge in [-0.3, -0.25) is 4.79 Å². The van der Waals surface area contributed by atoms with E-state index in [9.17, 15) is 4.79 Å². The lowest BCUT2D eigenvalue weighted by atomic mass is 9.84. The second-order valence-corrected chi connectivity index (χ2v) is 7.11. The molecule has 5 heteroatoms. The molecule has 1 aliphatic heterocycles. The van der Waals surface area contributed by atoms with Crippen molar-refractivity contribution in [2.24, 2.45) is 23.5 Å². The van der Waals surface area contributed by atoms with Crippen LogP contribution >= 0.6 is 0 Å². The van der Waals surface area contributed by atoms with Gasteiger partial charge in [-0.2, -0.15) is 0 Å². The molecule has 2 bridgehead atoms. The molecule has 4 atom stereocenters. The summed E-state index contributed by atoms with van der Waals surface area (Å²) < 4.78 is 11.2. The molecule has 0 aromatic heterocycles. The summed E-state index contributed by atoms with van der Waals surface area (Å²) in [5, 5.41) is 0. The Kier molecular flexibility index (Phi) is 3.68. The van der Waals surface area contributed by atoms with Gasteiger partial charge in [0.2, 0.25) is 5.91 Å². The van der Waals surface area contributed by atoms with E-state index in [-0.39, 0.29) is 17.9 Å². The van der Waals surface area contributed by atoms with Gasteiger partial charge < -0.3 is 20.1 Å². The fourth-order valence-electron chi connectivity index (χ4n) is 4.49. The molecular formula is C18H24N2O3. The zero-order valence-corrected chi connectivity index (χ0v) is 13.5. The van der Waals surface area contributed by atoms with Crippen LogP contribution in [0.4, 0.5) is 0 Å². The first kappa shape index (κ1) is 14.8. The first-order chi connectivity index (χ1) is 11.1. The Labute approximate surface area is 136 Å². The number of carbonyl (C=O) groups is 1. The molecule has 2 fully saturated rings. The highest BCUT2D eigenvalue weighted by molar-refractivity contribution is 5.80. The van der Waals surface area contributed by atoms with Crippen molar-refractivity contribution >= 4 is 5.91 Å². The van der Waals surface area contributed by atoms with Crippen molar-refractivity contribution < 1.29 is 14.3 Å². The zero-order chi connectivity index (χ0) is 16.0. The van der Waals surface area contributed by atoms with Crippen molar-refractivity contribution in [1.29, 1.82) is 0 Å². The summed E-state index contributed by atoms with van der Waals surface area (Å²) >= 11 is 0. The summed E-state index contributed by atoms with van der Waals surface area (Å²) in [6, 6.07) is 5.94. The second kappa shape index (κ2) is 5.71. The van der Waals surface area contributed by atoms with Gasteiger partial charge in [0.1, 0.15) is 13.2 Å². The topological polar surface area (TPSA) is 64.8 Å². The summed E-state index contributed by atoms with van der Waals surface area (Å²) in [5.74, 6) is 2.80. The Balaban J connectivity index is 1.45. The van der Waals surface area contributed by atoms with Crippen LogP contribution < -0.4 is 15.2 Å². The lowest BCUT2D eigenvalue weighted by Gasteiger charge is -2.31. The van der Waals surface area contributed by atoms with Crippen LogP contribution in [0.25, 0.3) is 0 Å². The van der Waals surface area contributed by atoms with Crippen molar-refractivity contribution in [3.8, 4) is 11.5 Å². The van der Waals surface area contributed by atoms with E-state index in [1.807, 2.05) is 30.1 Å². The second-order valence-electron chi connectivity index (χ2n) is 7.11. The van der Waals surface area contributed by atoms with Crippen molar-refractivity contribution in [3.05, 3.63) is 23.8 Å². The SMILES string of the molecule is CN(Cc1ccc2c(c1)OCCO2)C(=O)[C@H]1[C@H]2CC[C@@H](C2)[C@H]1N. The minimum atomic E-state index is 0.0101. The van der Waals surface area contributed by atoms with Crippen LogP contribution in [-0.2, 0) is 11.3 Å². The van der Waals surface area contributed by atoms with Crippen molar-refractivity contribution in [2.45, 2.75) is 31.8 Å². The summed E-state index contributed by atoms with van der Waals surface area (Å²) in [7, 11) is 1.87. The number of hydrogen-bond acceptors (Lipinski definition) is 4. The highest BCUT2D eigenvalue weighted by atomic mass is 16.6. The Morgan fingerprint density at radius 3 is 2.70 bits per heavy atom. The summed E-state index contributed by atoms with van der Waals surface area (Å²) in [5.41, 5.74) is 7.36. The number of fused-ring (bicyclic) bond motifs is 3. The molecule has 2 N–H and O–H groups in total. The number of amides is 1. The van der Waals surface area contributed by atoms with Crippen LogP contribution in [0.15, 0.2) is 18.2 Å². The van der Waals surface area contributed by atoms with E-state index in [1.165, 1.54) is 6.42 Å². The molecule has 23 heavy (non-hydrogen) atoms. The van der Waals surface area contributed by atoms with Crippen LogP contribution in [0.3, 0.4) is 0 Å². The number of rotatable bonds is 3. The van der Waals surface area contributed by atoms with Gasteiger partial charge in [-0.05, 0) is 48.8 Å². The normalized spacial score (nSPS) is 31.2. The number of carbonyl (C=O) groups excluding carboxylic acids is 1. The van der Waals surface area contributed by atoms with E-state index >= 15 is 0 Å². The zero-order valence-electron chi connectivity index (χ0n) is 13.5. The molecule has 2 aliphatic carbocycles. The third kappa shape index (κ3) is 2.57. The molecule has 0 saturated heterocycles. The molecule has 0 unspecified atom stereocenters. The minimum Gasteiger partial charge on any atom is -0.486 e. The molecule has 5 nitrogen and oxygen atoms in total. The van der Waals surface area contributed by atoms with Crippen molar-refractivity contribution in [2.75, 3.05) is 20.3 Å². The van der Waals surface area contributed by atoms with Gasteiger partial charge in [-0.15, -0.1) is 0 Å². The van der Waals surface area contributed by atoms with Gasteiger partial charge in [-0.25, -0.2) is 0 Å². The molecule has 0 spiro atoms. The van der Waals surface area contributed by atoms with E-state index in [0.29, 0.717) is 31.6 Å². The maximum Gasteiger partial charge on any atom is 0.227 e. The van der Waals surface area contributed by atoms with Gasteiger partial charge in [-0.1, -0.05) is 6.07 Å². The maximum atomic E-state index is 12.8. The van der Waals surface area contributed by atoms with Crippen LogP contribution in [0.2, 0.25) is 0 Å². The van der Waals surface area contributed by atoms with Gasteiger partial charge in [0.25, 0.3) is 0 Å². The highest BCUT2D eigenvalue weighted by Gasteiger charge is 2.49. The highest BCUT2D eigenvalue weighted by Crippen LogP contribution is 2.48. The smallest absolute Gasteiger partial charge is 0.227 e. The Morgan fingerprint density at radius 2 is 1.96 bits per heavy atom. The lowest BCUT2D eigenvalue weighted by molar-refractivity contribution is -0.137. The van der Waals surface area contributed by atoms with E-state index in [4.69, 9.17) is 15.2 Å². The van der Waals surface area contributed by atoms with Crippen molar-refractivity contribution in [3.63, 3.8) is 0 Å². The number of nitrogens with two attached hydrogens (primary N) is 1. The maximum absolute atomic E-state index is 12.8. The van der Waals surface area contributed by atoms with Crippen LogP contribution in [0.5, 0.6) is 11.5 Å². The van der Waals surface area contributed by atoms with Gasteiger partial charge in [0.15, 0.2) is 11.5 Å². The molecule has 2 saturated carbocycles. The summed E-state index contributed by atoms with van der Waals surface area (Å²) in [4.78, 5) is 14.6. The Morgan fingerprint density at radius 1 is 1.22 bits per heavy atom. The third-order valence-electron chi connectivity index (χ3n) is 5.67. The van der Waals surface area contributed by atoms with Gasteiger partial charge in [0, 0.05) is 19.6 Å². The summed E-state index contributed by atoms with van der Waals surface area (Å²) in [6.07, 6.45) is 3.49. The predicted molar refractivity (Wildman–Crippen MR) is 86.2 cm³/mol. The Hall–Kier alpha value is -1.75. The molecular weight excluding hydrogens is 292 g/mol. The largest absolute Gasteiger partial charge is 0.486 e. The molecule has 1 aromatic rings. The molecule has 3 aliphatic rings. The van der Waals surface area contributed by atoms with E-state index in [2.05, 4.69) is 0 Å². The van der Waals surface area contributed by atoms with Crippen LogP contribution in [0.1, 0.15) is 24.8 Å². The van der Waals surface area contributed by atoms with Gasteiger partial charge >= 0.3 is 0 Å². The Bertz CT molecular complexity index is 616. The molecule has 1 amide bonds. The lowest BCUT2D eigenvalue weighted by Crippen LogP contribution is -2.45. The molecule has 1 aromatic carbocycles. The average Bonchev–Trinajstić information content (AvgIpc) is 3.15. The van der Waals surface area contributed by atoms with E-state index in [1.54, 1.807) is 0 Å². The first-order valence-electron chi connectivity index (χ1n) is 8.52. The first-order valence-corrected chi connectivity index (χ1v) is 8.52. The summed E-state index contributed by atoms with van der Waals surface area (Å²) in [6.45, 7) is 1.74. The quantitative estimate of drug-likeness (QED) is 0.923. The van der Waals surface area contributed by atoms with E-state index < -0.39 is 0 Å². The fraction of sp³-hybridized carbons (Fsp3) is 0.611. The molecule has 0 radical (unpaired) electrons. The third-order valence-corrected chi connectivity index (χ3v) is 5.67.